The van der Waals surface area contributed by atoms with Crippen LogP contribution < -0.4 is 0 Å². The normalized spacial score (nSPS) is 25.7. The quantitative estimate of drug-likeness (QED) is 0.780. The summed E-state index contributed by atoms with van der Waals surface area (Å²) < 4.78 is 5.10. The van der Waals surface area contributed by atoms with E-state index in [1.807, 2.05) is 11.8 Å². The number of ether oxygens (including phenoxy) is 1. The van der Waals surface area contributed by atoms with Gasteiger partial charge in [0.2, 0.25) is 11.8 Å². The van der Waals surface area contributed by atoms with Gasteiger partial charge in [-0.25, -0.2) is 0 Å². The first kappa shape index (κ1) is 15.3. The van der Waals surface area contributed by atoms with E-state index in [9.17, 15) is 9.59 Å². The molecule has 2 amide bonds. The van der Waals surface area contributed by atoms with Gasteiger partial charge in [0.1, 0.15) is 0 Å². The maximum atomic E-state index is 12.5. The molecular weight excluding hydrogens is 256 g/mol. The van der Waals surface area contributed by atoms with E-state index >= 15 is 0 Å². The van der Waals surface area contributed by atoms with Crippen molar-refractivity contribution in [3.63, 3.8) is 0 Å². The molecule has 2 fully saturated rings. The van der Waals surface area contributed by atoms with Crippen molar-refractivity contribution in [3.05, 3.63) is 0 Å². The molecule has 2 aliphatic heterocycles. The molecule has 0 N–H and O–H groups in total. The van der Waals surface area contributed by atoms with Crippen LogP contribution in [0.3, 0.4) is 0 Å². The summed E-state index contributed by atoms with van der Waals surface area (Å²) in [5.41, 5.74) is 0. The van der Waals surface area contributed by atoms with E-state index in [2.05, 4.69) is 0 Å². The van der Waals surface area contributed by atoms with Crippen LogP contribution in [-0.4, -0.2) is 61.0 Å². The number of amides is 2. The van der Waals surface area contributed by atoms with Gasteiger partial charge >= 0.3 is 0 Å². The molecule has 2 aliphatic rings. The van der Waals surface area contributed by atoms with E-state index in [4.69, 9.17) is 4.74 Å². The molecule has 0 radical (unpaired) electrons. The summed E-state index contributed by atoms with van der Waals surface area (Å²) in [6.45, 7) is 4.77. The molecule has 0 spiro atoms. The fourth-order valence-electron chi connectivity index (χ4n) is 3.20. The largest absolute Gasteiger partial charge is 0.383 e. The third-order valence-corrected chi connectivity index (χ3v) is 4.37. The summed E-state index contributed by atoms with van der Waals surface area (Å²) >= 11 is 0. The second-order valence-corrected chi connectivity index (χ2v) is 5.99. The van der Waals surface area contributed by atoms with Crippen LogP contribution in [0.5, 0.6) is 0 Å². The van der Waals surface area contributed by atoms with Crippen LogP contribution >= 0.6 is 0 Å². The minimum Gasteiger partial charge on any atom is -0.383 e. The number of nitrogens with zero attached hydrogens (tertiary/aromatic N) is 2. The Morgan fingerprint density at radius 2 is 1.95 bits per heavy atom. The van der Waals surface area contributed by atoms with E-state index in [1.54, 1.807) is 12.0 Å². The van der Waals surface area contributed by atoms with Gasteiger partial charge in [-0.05, 0) is 19.8 Å². The first-order valence-electron chi connectivity index (χ1n) is 7.70. The minimum absolute atomic E-state index is 0.0504. The van der Waals surface area contributed by atoms with E-state index in [1.165, 1.54) is 12.8 Å². The number of carbonyl (C=O) groups is 2. The molecule has 2 atom stereocenters. The van der Waals surface area contributed by atoms with Crippen molar-refractivity contribution in [1.29, 1.82) is 0 Å². The molecule has 114 valence electrons. The molecule has 5 heteroatoms. The molecule has 2 heterocycles. The number of hydrogen-bond acceptors (Lipinski definition) is 3. The third-order valence-electron chi connectivity index (χ3n) is 4.37. The summed E-state index contributed by atoms with van der Waals surface area (Å²) in [6.07, 6.45) is 4.98. The van der Waals surface area contributed by atoms with E-state index in [0.29, 0.717) is 19.6 Å². The average Bonchev–Trinajstić information content (AvgIpc) is 2.65. The van der Waals surface area contributed by atoms with Crippen LogP contribution in [0.4, 0.5) is 0 Å². The molecule has 2 saturated heterocycles. The van der Waals surface area contributed by atoms with E-state index in [0.717, 1.165) is 25.9 Å². The molecule has 5 nitrogen and oxygen atoms in total. The Labute approximate surface area is 121 Å². The number of rotatable bonds is 4. The second kappa shape index (κ2) is 7.07. The first-order chi connectivity index (χ1) is 9.63. The molecule has 2 rings (SSSR count). The van der Waals surface area contributed by atoms with Gasteiger partial charge in [-0.1, -0.05) is 12.8 Å². The van der Waals surface area contributed by atoms with Gasteiger partial charge in [-0.2, -0.15) is 0 Å². The topological polar surface area (TPSA) is 49.9 Å². The molecular formula is C15H26N2O3. The lowest BCUT2D eigenvalue weighted by molar-refractivity contribution is -0.135. The zero-order valence-corrected chi connectivity index (χ0v) is 12.6. The first-order valence-corrected chi connectivity index (χ1v) is 7.70. The number of likely N-dealkylation sites (tertiary alicyclic amines) is 2. The summed E-state index contributed by atoms with van der Waals surface area (Å²) in [6, 6.07) is 0.0504. The SMILES string of the molecule is COC[C@@H](C)N1C[C@H](C(=O)N2CCCCCC2)CC1=O. The van der Waals surface area contributed by atoms with Crippen molar-refractivity contribution in [3.8, 4) is 0 Å². The van der Waals surface area contributed by atoms with Crippen molar-refractivity contribution in [2.75, 3.05) is 33.4 Å². The Kier molecular flexibility index (Phi) is 5.40. The highest BCUT2D eigenvalue weighted by molar-refractivity contribution is 5.89. The highest BCUT2D eigenvalue weighted by Crippen LogP contribution is 2.23. The lowest BCUT2D eigenvalue weighted by Gasteiger charge is -2.26. The maximum Gasteiger partial charge on any atom is 0.227 e. The lowest BCUT2D eigenvalue weighted by Crippen LogP contribution is -2.40. The molecule has 20 heavy (non-hydrogen) atoms. The Morgan fingerprint density at radius 3 is 2.55 bits per heavy atom. The lowest BCUT2D eigenvalue weighted by atomic mass is 10.1. The second-order valence-electron chi connectivity index (χ2n) is 5.99. The molecule has 0 aromatic heterocycles. The molecule has 0 aromatic rings. The average molecular weight is 282 g/mol. The fraction of sp³-hybridized carbons (Fsp3) is 0.867. The predicted octanol–water partition coefficient (Wildman–Crippen LogP) is 1.27. The number of carbonyl (C=O) groups excluding carboxylic acids is 2. The Bertz CT molecular complexity index is 351. The van der Waals surface area contributed by atoms with Crippen LogP contribution in [0.1, 0.15) is 39.0 Å². The van der Waals surface area contributed by atoms with Crippen molar-refractivity contribution in [2.45, 2.75) is 45.1 Å². The van der Waals surface area contributed by atoms with Gasteiger partial charge < -0.3 is 14.5 Å². The van der Waals surface area contributed by atoms with Crippen LogP contribution in [0.2, 0.25) is 0 Å². The van der Waals surface area contributed by atoms with Crippen LogP contribution in [0, 0.1) is 5.92 Å². The highest BCUT2D eigenvalue weighted by Gasteiger charge is 2.38. The van der Waals surface area contributed by atoms with Gasteiger partial charge in [-0.15, -0.1) is 0 Å². The summed E-state index contributed by atoms with van der Waals surface area (Å²) in [5, 5.41) is 0. The van der Waals surface area contributed by atoms with Crippen molar-refractivity contribution >= 4 is 11.8 Å². The van der Waals surface area contributed by atoms with Gasteiger partial charge in [0.05, 0.1) is 18.6 Å². The zero-order chi connectivity index (χ0) is 14.5. The maximum absolute atomic E-state index is 12.5. The molecule has 0 unspecified atom stereocenters. The Hall–Kier alpha value is -1.10. The standard InChI is InChI=1S/C15H26N2O3/c1-12(11-20-2)17-10-13(9-14(17)18)15(19)16-7-5-3-4-6-8-16/h12-13H,3-11H2,1-2H3/t12-,13-/m1/s1. The van der Waals surface area contributed by atoms with Gasteiger partial charge in [0.25, 0.3) is 0 Å². The van der Waals surface area contributed by atoms with Crippen molar-refractivity contribution < 1.29 is 14.3 Å². The van der Waals surface area contributed by atoms with Crippen molar-refractivity contribution in [1.82, 2.24) is 9.80 Å². The molecule has 0 aromatic carbocycles. The van der Waals surface area contributed by atoms with E-state index in [-0.39, 0.29) is 23.8 Å². The summed E-state index contributed by atoms with van der Waals surface area (Å²) in [7, 11) is 1.64. The summed E-state index contributed by atoms with van der Waals surface area (Å²) in [4.78, 5) is 28.4. The minimum atomic E-state index is -0.153. The molecule has 0 aliphatic carbocycles. The van der Waals surface area contributed by atoms with E-state index < -0.39 is 0 Å². The smallest absolute Gasteiger partial charge is 0.227 e. The van der Waals surface area contributed by atoms with Crippen LogP contribution in [-0.2, 0) is 14.3 Å². The predicted molar refractivity (Wildman–Crippen MR) is 76.2 cm³/mol. The van der Waals surface area contributed by atoms with Gasteiger partial charge in [0, 0.05) is 33.2 Å². The highest BCUT2D eigenvalue weighted by atomic mass is 16.5. The molecule has 0 bridgehead atoms. The van der Waals surface area contributed by atoms with Crippen LogP contribution in [0.25, 0.3) is 0 Å². The van der Waals surface area contributed by atoms with Gasteiger partial charge in [-0.3, -0.25) is 9.59 Å². The van der Waals surface area contributed by atoms with Gasteiger partial charge in [0.15, 0.2) is 0 Å². The third kappa shape index (κ3) is 3.51. The fourth-order valence-corrected chi connectivity index (χ4v) is 3.20. The molecule has 0 saturated carbocycles. The Morgan fingerprint density at radius 1 is 1.30 bits per heavy atom. The van der Waals surface area contributed by atoms with Crippen molar-refractivity contribution in [2.24, 2.45) is 5.92 Å². The zero-order valence-electron chi connectivity index (χ0n) is 12.6. The number of methoxy groups -OCH3 is 1. The summed E-state index contributed by atoms with van der Waals surface area (Å²) in [5.74, 6) is 0.106. The number of hydrogen-bond donors (Lipinski definition) is 0. The monoisotopic (exact) mass is 282 g/mol. The Balaban J connectivity index is 1.93. The van der Waals surface area contributed by atoms with Crippen LogP contribution in [0.15, 0.2) is 0 Å².